The topological polar surface area (TPSA) is 25.2 Å². The van der Waals surface area contributed by atoms with Crippen LogP contribution in [0.15, 0.2) is 21.0 Å². The second-order valence-corrected chi connectivity index (χ2v) is 5.96. The van der Waals surface area contributed by atoms with E-state index in [4.69, 9.17) is 16.0 Å². The van der Waals surface area contributed by atoms with E-state index in [2.05, 4.69) is 48.1 Å². The van der Waals surface area contributed by atoms with E-state index in [0.29, 0.717) is 10.9 Å². The third-order valence-corrected chi connectivity index (χ3v) is 3.68. The smallest absolute Gasteiger partial charge is 0.153 e. The Morgan fingerprint density at radius 2 is 2.11 bits per heavy atom. The average Bonchev–Trinajstić information content (AvgIpc) is 2.64. The van der Waals surface area contributed by atoms with Crippen molar-refractivity contribution < 1.29 is 4.42 Å². The molecule has 2 rings (SSSR count). The molecular formula is C14H17BrClNO. The minimum Gasteiger partial charge on any atom is -0.458 e. The van der Waals surface area contributed by atoms with Crippen LogP contribution < -0.4 is 5.32 Å². The van der Waals surface area contributed by atoms with E-state index in [1.54, 1.807) is 0 Å². The summed E-state index contributed by atoms with van der Waals surface area (Å²) in [6.07, 6.45) is 0. The minimum atomic E-state index is 0.408. The molecule has 0 aliphatic rings. The second-order valence-electron chi connectivity index (χ2n) is 4.64. The van der Waals surface area contributed by atoms with Crippen molar-refractivity contribution in [3.8, 4) is 0 Å². The molecule has 1 heterocycles. The second kappa shape index (κ2) is 5.64. The molecule has 0 unspecified atom stereocenters. The largest absolute Gasteiger partial charge is 0.458 e. The first-order valence-electron chi connectivity index (χ1n) is 6.15. The van der Waals surface area contributed by atoms with Crippen LogP contribution >= 0.6 is 27.5 Å². The summed E-state index contributed by atoms with van der Waals surface area (Å²) in [4.78, 5) is 0. The lowest BCUT2D eigenvalue weighted by Gasteiger charge is -2.06. The van der Waals surface area contributed by atoms with Gasteiger partial charge in [-0.05, 0) is 24.6 Å². The third kappa shape index (κ3) is 2.58. The molecule has 1 aromatic carbocycles. The van der Waals surface area contributed by atoms with Gasteiger partial charge in [-0.1, -0.05) is 48.3 Å². The van der Waals surface area contributed by atoms with Gasteiger partial charge in [0.15, 0.2) is 5.58 Å². The lowest BCUT2D eigenvalue weighted by Crippen LogP contribution is -2.12. The Balaban J connectivity index is 2.63. The first-order chi connectivity index (χ1) is 8.54. The molecule has 0 saturated carbocycles. The number of rotatable bonds is 4. The highest BCUT2D eigenvalue weighted by molar-refractivity contribution is 9.10. The summed E-state index contributed by atoms with van der Waals surface area (Å²) in [5.74, 6) is 1.40. The van der Waals surface area contributed by atoms with Gasteiger partial charge in [-0.2, -0.15) is 0 Å². The van der Waals surface area contributed by atoms with E-state index in [1.807, 2.05) is 6.07 Å². The quantitative estimate of drug-likeness (QED) is 0.845. The zero-order valence-corrected chi connectivity index (χ0v) is 13.2. The van der Waals surface area contributed by atoms with Crippen LogP contribution in [0.5, 0.6) is 0 Å². The van der Waals surface area contributed by atoms with E-state index in [0.717, 1.165) is 34.3 Å². The van der Waals surface area contributed by atoms with Crippen molar-refractivity contribution in [2.45, 2.75) is 33.2 Å². The molecule has 0 amide bonds. The average molecular weight is 331 g/mol. The Hall–Kier alpha value is -0.510. The molecule has 2 aromatic rings. The maximum absolute atomic E-state index is 6.24. The Morgan fingerprint density at radius 3 is 2.72 bits per heavy atom. The first kappa shape index (κ1) is 13.9. The number of hydrogen-bond acceptors (Lipinski definition) is 2. The Morgan fingerprint density at radius 1 is 1.39 bits per heavy atom. The zero-order chi connectivity index (χ0) is 13.3. The van der Waals surface area contributed by atoms with Gasteiger partial charge in [0.2, 0.25) is 0 Å². The molecule has 4 heteroatoms. The van der Waals surface area contributed by atoms with Crippen molar-refractivity contribution in [2.75, 3.05) is 6.54 Å². The van der Waals surface area contributed by atoms with Gasteiger partial charge in [0.05, 0.1) is 11.6 Å². The number of fused-ring (bicyclic) bond motifs is 1. The molecule has 0 atom stereocenters. The molecule has 0 bridgehead atoms. The molecule has 18 heavy (non-hydrogen) atoms. The van der Waals surface area contributed by atoms with E-state index in [9.17, 15) is 0 Å². The number of benzene rings is 1. The molecule has 0 radical (unpaired) electrons. The lowest BCUT2D eigenvalue weighted by atomic mass is 9.99. The highest BCUT2D eigenvalue weighted by atomic mass is 79.9. The van der Waals surface area contributed by atoms with Crippen LogP contribution in [-0.2, 0) is 6.54 Å². The minimum absolute atomic E-state index is 0.408. The van der Waals surface area contributed by atoms with Gasteiger partial charge in [-0.25, -0.2) is 0 Å². The van der Waals surface area contributed by atoms with Gasteiger partial charge in [-0.15, -0.1) is 0 Å². The van der Waals surface area contributed by atoms with Gasteiger partial charge in [0, 0.05) is 15.4 Å². The Bertz CT molecular complexity index is 562. The molecule has 2 nitrogen and oxygen atoms in total. The number of furan rings is 1. The summed E-state index contributed by atoms with van der Waals surface area (Å²) >= 11 is 9.73. The fourth-order valence-corrected chi connectivity index (χ4v) is 3.04. The standard InChI is InChI=1S/C14H17BrClNO/c1-4-17-7-12-13(8(2)3)10-5-9(15)6-11(16)14(10)18-12/h5-6,8,17H,4,7H2,1-3H3. The van der Waals surface area contributed by atoms with Gasteiger partial charge in [0.25, 0.3) is 0 Å². The molecular weight excluding hydrogens is 314 g/mol. The van der Waals surface area contributed by atoms with Crippen LogP contribution in [0.4, 0.5) is 0 Å². The van der Waals surface area contributed by atoms with Crippen LogP contribution in [0.1, 0.15) is 38.0 Å². The predicted molar refractivity (Wildman–Crippen MR) is 80.4 cm³/mol. The fourth-order valence-electron chi connectivity index (χ4n) is 2.20. The fraction of sp³-hybridized carbons (Fsp3) is 0.429. The summed E-state index contributed by atoms with van der Waals surface area (Å²) in [7, 11) is 0. The van der Waals surface area contributed by atoms with Crippen molar-refractivity contribution in [1.29, 1.82) is 0 Å². The molecule has 0 spiro atoms. The maximum atomic E-state index is 6.24. The van der Waals surface area contributed by atoms with E-state index in [1.165, 1.54) is 5.56 Å². The summed E-state index contributed by atoms with van der Waals surface area (Å²) in [5.41, 5.74) is 2.03. The highest BCUT2D eigenvalue weighted by Crippen LogP contribution is 2.37. The lowest BCUT2D eigenvalue weighted by molar-refractivity contribution is 0.510. The van der Waals surface area contributed by atoms with Crippen molar-refractivity contribution in [3.63, 3.8) is 0 Å². The Labute approximate surface area is 121 Å². The number of hydrogen-bond donors (Lipinski definition) is 1. The van der Waals surface area contributed by atoms with Gasteiger partial charge in [0.1, 0.15) is 5.76 Å². The van der Waals surface area contributed by atoms with Crippen molar-refractivity contribution in [2.24, 2.45) is 0 Å². The summed E-state index contributed by atoms with van der Waals surface area (Å²) < 4.78 is 6.92. The van der Waals surface area contributed by atoms with Gasteiger partial charge in [-0.3, -0.25) is 0 Å². The van der Waals surface area contributed by atoms with Crippen LogP contribution in [0, 0.1) is 0 Å². The van der Waals surface area contributed by atoms with Crippen LogP contribution in [0.3, 0.4) is 0 Å². The molecule has 0 saturated heterocycles. The molecule has 0 aliphatic carbocycles. The van der Waals surface area contributed by atoms with Gasteiger partial charge < -0.3 is 9.73 Å². The molecule has 1 aromatic heterocycles. The third-order valence-electron chi connectivity index (χ3n) is 2.94. The monoisotopic (exact) mass is 329 g/mol. The van der Waals surface area contributed by atoms with Crippen LogP contribution in [0.2, 0.25) is 5.02 Å². The summed E-state index contributed by atoms with van der Waals surface area (Å²) in [6.45, 7) is 8.10. The maximum Gasteiger partial charge on any atom is 0.153 e. The summed E-state index contributed by atoms with van der Waals surface area (Å²) in [6, 6.07) is 3.95. The molecule has 0 aliphatic heterocycles. The SMILES string of the molecule is CCNCc1oc2c(Cl)cc(Br)cc2c1C(C)C. The number of nitrogens with one attached hydrogen (secondary N) is 1. The van der Waals surface area contributed by atoms with Gasteiger partial charge >= 0.3 is 0 Å². The van der Waals surface area contributed by atoms with Crippen LogP contribution in [0.25, 0.3) is 11.0 Å². The molecule has 1 N–H and O–H groups in total. The van der Waals surface area contributed by atoms with Crippen molar-refractivity contribution >= 4 is 38.5 Å². The van der Waals surface area contributed by atoms with E-state index < -0.39 is 0 Å². The van der Waals surface area contributed by atoms with Crippen molar-refractivity contribution in [1.82, 2.24) is 5.32 Å². The zero-order valence-electron chi connectivity index (χ0n) is 10.8. The number of halogens is 2. The van der Waals surface area contributed by atoms with E-state index in [-0.39, 0.29) is 0 Å². The Kier molecular flexibility index (Phi) is 4.36. The normalized spacial score (nSPS) is 11.7. The molecule has 0 fully saturated rings. The van der Waals surface area contributed by atoms with Crippen molar-refractivity contribution in [3.05, 3.63) is 33.0 Å². The predicted octanol–water partition coefficient (Wildman–Crippen LogP) is 5.08. The molecule has 98 valence electrons. The van der Waals surface area contributed by atoms with Crippen LogP contribution in [-0.4, -0.2) is 6.54 Å². The highest BCUT2D eigenvalue weighted by Gasteiger charge is 2.18. The van der Waals surface area contributed by atoms with E-state index >= 15 is 0 Å². The summed E-state index contributed by atoms with van der Waals surface area (Å²) in [5, 5.41) is 5.07. The first-order valence-corrected chi connectivity index (χ1v) is 7.32.